The van der Waals surface area contributed by atoms with Gasteiger partial charge in [0, 0.05) is 17.0 Å². The van der Waals surface area contributed by atoms with Crippen LogP contribution in [-0.2, 0) is 5.60 Å². The van der Waals surface area contributed by atoms with Crippen molar-refractivity contribution in [1.29, 1.82) is 0 Å². The Kier molecular flexibility index (Phi) is 3.66. The number of hydrogen-bond donors (Lipinski definition) is 2. The van der Waals surface area contributed by atoms with Crippen LogP contribution in [0, 0.1) is 0 Å². The maximum Gasteiger partial charge on any atom is 0.272 e. The molecule has 0 bridgehead atoms. The first-order chi connectivity index (χ1) is 11.6. The predicted octanol–water partition coefficient (Wildman–Crippen LogP) is 2.91. The van der Waals surface area contributed by atoms with E-state index in [0.29, 0.717) is 11.6 Å². The van der Waals surface area contributed by atoms with E-state index in [1.54, 1.807) is 6.92 Å². The second-order valence-corrected chi connectivity index (χ2v) is 7.43. The summed E-state index contributed by atoms with van der Waals surface area (Å²) >= 11 is 1.48. The van der Waals surface area contributed by atoms with Gasteiger partial charge in [-0.05, 0) is 43.3 Å². The van der Waals surface area contributed by atoms with Crippen molar-refractivity contribution >= 4 is 22.8 Å². The van der Waals surface area contributed by atoms with Crippen molar-refractivity contribution in [1.82, 2.24) is 14.7 Å². The van der Waals surface area contributed by atoms with Gasteiger partial charge < -0.3 is 14.8 Å². The van der Waals surface area contributed by atoms with Crippen LogP contribution in [0.2, 0.25) is 0 Å². The third-order valence-electron chi connectivity index (χ3n) is 4.38. The van der Waals surface area contributed by atoms with Crippen LogP contribution >= 0.6 is 11.3 Å². The number of thiophene rings is 1. The van der Waals surface area contributed by atoms with Gasteiger partial charge in [-0.15, -0.1) is 11.3 Å². The lowest BCUT2D eigenvalue weighted by Gasteiger charge is -2.22. The van der Waals surface area contributed by atoms with Gasteiger partial charge >= 0.3 is 0 Å². The minimum Gasteiger partial charge on any atom is -0.383 e. The molecule has 0 aliphatic heterocycles. The van der Waals surface area contributed by atoms with E-state index in [-0.39, 0.29) is 12.5 Å². The standard InChI is InChI=1S/C18H19N3O2S/c1-18(23,14-6-4-10-24-14)11-19-17(22)15-13-5-2-3-9-21(13)16(20-15)12-7-8-12/h2-6,9-10,12,23H,7-8,11H2,1H3,(H,19,22). The number of imidazole rings is 1. The number of carbonyl (C=O) groups excluding carboxylic acids is 1. The van der Waals surface area contributed by atoms with E-state index in [4.69, 9.17) is 0 Å². The fraction of sp³-hybridized carbons (Fsp3) is 0.333. The predicted molar refractivity (Wildman–Crippen MR) is 93.4 cm³/mol. The van der Waals surface area contributed by atoms with Crippen molar-refractivity contribution in [3.8, 4) is 0 Å². The van der Waals surface area contributed by atoms with Gasteiger partial charge in [-0.1, -0.05) is 12.1 Å². The van der Waals surface area contributed by atoms with E-state index >= 15 is 0 Å². The fourth-order valence-electron chi connectivity index (χ4n) is 2.87. The number of fused-ring (bicyclic) bond motifs is 1. The van der Waals surface area contributed by atoms with Crippen LogP contribution in [0.4, 0.5) is 0 Å². The third kappa shape index (κ3) is 2.72. The first kappa shape index (κ1) is 15.4. The number of rotatable bonds is 5. The average molecular weight is 341 g/mol. The lowest BCUT2D eigenvalue weighted by atomic mass is 10.1. The Bertz CT molecular complexity index is 879. The zero-order valence-corrected chi connectivity index (χ0v) is 14.2. The Hall–Kier alpha value is -2.18. The van der Waals surface area contributed by atoms with E-state index in [0.717, 1.165) is 29.1 Å². The Labute approximate surface area is 144 Å². The number of nitrogens with one attached hydrogen (secondary N) is 1. The van der Waals surface area contributed by atoms with Crippen LogP contribution in [0.25, 0.3) is 5.52 Å². The molecule has 4 rings (SSSR count). The molecule has 3 heterocycles. The molecule has 1 saturated carbocycles. The van der Waals surface area contributed by atoms with Gasteiger partial charge in [0.1, 0.15) is 11.4 Å². The molecule has 2 N–H and O–H groups in total. The highest BCUT2D eigenvalue weighted by atomic mass is 32.1. The van der Waals surface area contributed by atoms with E-state index in [1.165, 1.54) is 11.3 Å². The molecule has 0 spiro atoms. The van der Waals surface area contributed by atoms with Gasteiger partial charge in [0.25, 0.3) is 5.91 Å². The molecule has 1 atom stereocenters. The van der Waals surface area contributed by atoms with Crippen LogP contribution in [0.15, 0.2) is 41.9 Å². The minimum absolute atomic E-state index is 0.150. The summed E-state index contributed by atoms with van der Waals surface area (Å²) < 4.78 is 2.00. The zero-order chi connectivity index (χ0) is 16.7. The van der Waals surface area contributed by atoms with Crippen molar-refractivity contribution in [3.63, 3.8) is 0 Å². The van der Waals surface area contributed by atoms with E-state index in [9.17, 15) is 9.90 Å². The quantitative estimate of drug-likeness (QED) is 0.750. The van der Waals surface area contributed by atoms with Crippen molar-refractivity contribution < 1.29 is 9.90 Å². The molecular formula is C18H19N3O2S. The molecule has 5 nitrogen and oxygen atoms in total. The molecule has 24 heavy (non-hydrogen) atoms. The Morgan fingerprint density at radius 2 is 2.25 bits per heavy atom. The van der Waals surface area contributed by atoms with Crippen molar-refractivity contribution in [2.45, 2.75) is 31.3 Å². The largest absolute Gasteiger partial charge is 0.383 e. The average Bonchev–Trinajstić information content (AvgIpc) is 3.13. The van der Waals surface area contributed by atoms with Gasteiger partial charge in [0.2, 0.25) is 0 Å². The highest BCUT2D eigenvalue weighted by Gasteiger charge is 2.31. The van der Waals surface area contributed by atoms with Gasteiger partial charge in [-0.3, -0.25) is 4.79 Å². The Balaban J connectivity index is 1.58. The van der Waals surface area contributed by atoms with Gasteiger partial charge in [-0.25, -0.2) is 4.98 Å². The summed E-state index contributed by atoms with van der Waals surface area (Å²) in [5, 5.41) is 15.3. The maximum absolute atomic E-state index is 12.6. The molecule has 0 saturated heterocycles. The molecule has 1 aliphatic carbocycles. The normalized spacial score (nSPS) is 16.9. The lowest BCUT2D eigenvalue weighted by Crippen LogP contribution is -2.38. The minimum atomic E-state index is -1.08. The SMILES string of the molecule is CC(O)(CNC(=O)c1nc(C2CC2)n2ccccc12)c1cccs1. The summed E-state index contributed by atoms with van der Waals surface area (Å²) in [6.07, 6.45) is 4.21. The van der Waals surface area contributed by atoms with Crippen LogP contribution in [0.1, 0.15) is 46.9 Å². The lowest BCUT2D eigenvalue weighted by molar-refractivity contribution is 0.0556. The summed E-state index contributed by atoms with van der Waals surface area (Å²) in [6, 6.07) is 9.52. The molecule has 3 aromatic rings. The van der Waals surface area contributed by atoms with E-state index in [1.807, 2.05) is 46.3 Å². The summed E-state index contributed by atoms with van der Waals surface area (Å²) in [4.78, 5) is 18.1. The molecule has 0 aromatic carbocycles. The smallest absolute Gasteiger partial charge is 0.272 e. The molecule has 1 fully saturated rings. The van der Waals surface area contributed by atoms with Crippen molar-refractivity contribution in [2.24, 2.45) is 0 Å². The fourth-order valence-corrected chi connectivity index (χ4v) is 3.65. The number of aromatic nitrogens is 2. The molecular weight excluding hydrogens is 322 g/mol. The van der Waals surface area contributed by atoms with E-state index < -0.39 is 5.60 Å². The summed E-state index contributed by atoms with van der Waals surface area (Å²) in [7, 11) is 0. The molecule has 1 unspecified atom stereocenters. The molecule has 0 radical (unpaired) electrons. The number of carbonyl (C=O) groups is 1. The van der Waals surface area contributed by atoms with Gasteiger partial charge in [0.15, 0.2) is 5.69 Å². The number of pyridine rings is 1. The second kappa shape index (κ2) is 5.72. The topological polar surface area (TPSA) is 66.6 Å². The highest BCUT2D eigenvalue weighted by Crippen LogP contribution is 2.40. The number of nitrogens with zero attached hydrogens (tertiary/aromatic N) is 2. The highest BCUT2D eigenvalue weighted by molar-refractivity contribution is 7.10. The third-order valence-corrected chi connectivity index (χ3v) is 5.50. The number of hydrogen-bond acceptors (Lipinski definition) is 4. The number of aliphatic hydroxyl groups is 1. The van der Waals surface area contributed by atoms with Crippen LogP contribution in [-0.4, -0.2) is 26.9 Å². The zero-order valence-electron chi connectivity index (χ0n) is 13.4. The monoisotopic (exact) mass is 341 g/mol. The van der Waals surface area contributed by atoms with Crippen LogP contribution in [0.5, 0.6) is 0 Å². The summed E-state index contributed by atoms with van der Waals surface area (Å²) in [5.74, 6) is 1.17. The second-order valence-electron chi connectivity index (χ2n) is 6.48. The first-order valence-electron chi connectivity index (χ1n) is 8.08. The Morgan fingerprint density at radius 1 is 1.42 bits per heavy atom. The molecule has 1 amide bonds. The van der Waals surface area contributed by atoms with Crippen LogP contribution in [0.3, 0.4) is 0 Å². The Morgan fingerprint density at radius 3 is 2.96 bits per heavy atom. The first-order valence-corrected chi connectivity index (χ1v) is 8.96. The van der Waals surface area contributed by atoms with Gasteiger partial charge in [-0.2, -0.15) is 0 Å². The maximum atomic E-state index is 12.6. The summed E-state index contributed by atoms with van der Waals surface area (Å²) in [5.41, 5.74) is 0.158. The molecule has 6 heteroatoms. The molecule has 124 valence electrons. The van der Waals surface area contributed by atoms with Gasteiger partial charge in [0.05, 0.1) is 12.1 Å². The van der Waals surface area contributed by atoms with Crippen molar-refractivity contribution in [3.05, 3.63) is 58.3 Å². The molecule has 1 aliphatic rings. The van der Waals surface area contributed by atoms with Crippen molar-refractivity contribution in [2.75, 3.05) is 6.54 Å². The molecule has 3 aromatic heterocycles. The number of amides is 1. The summed E-state index contributed by atoms with van der Waals surface area (Å²) in [6.45, 7) is 1.86. The van der Waals surface area contributed by atoms with E-state index in [2.05, 4.69) is 10.3 Å². The van der Waals surface area contributed by atoms with Crippen LogP contribution < -0.4 is 5.32 Å².